The maximum Gasteiger partial charge on any atom is 0.249 e. The van der Waals surface area contributed by atoms with Gasteiger partial charge in [0.05, 0.1) is 18.8 Å². The van der Waals surface area contributed by atoms with Crippen molar-refractivity contribution >= 4 is 5.91 Å². The van der Waals surface area contributed by atoms with E-state index in [4.69, 9.17) is 0 Å². The SMILES string of the molecule is CCCCCCCCCCCCCC/C=C\CCCCCCCCCCCCCCCC(O)C(=O)NC(CO)C(O)C(O)CCC/C=C/CCCCCCCCCCCCCCC. The number of aliphatic hydroxyl groups excluding tert-OH is 4. The van der Waals surface area contributed by atoms with E-state index in [0.717, 1.165) is 38.5 Å². The third kappa shape index (κ3) is 45.7. The fourth-order valence-corrected chi connectivity index (χ4v) is 8.93. The molecule has 5 N–H and O–H groups in total. The zero-order valence-electron chi connectivity index (χ0n) is 42.3. The number of hydrogen-bond acceptors (Lipinski definition) is 5. The van der Waals surface area contributed by atoms with Crippen LogP contribution in [0.25, 0.3) is 0 Å². The van der Waals surface area contributed by atoms with Gasteiger partial charge in [0, 0.05) is 0 Å². The second-order valence-corrected chi connectivity index (χ2v) is 19.6. The Labute approximate surface area is 393 Å². The Morgan fingerprint density at radius 2 is 0.651 bits per heavy atom. The minimum Gasteiger partial charge on any atom is -0.394 e. The third-order valence-electron chi connectivity index (χ3n) is 13.4. The predicted molar refractivity (Wildman–Crippen MR) is 274 cm³/mol. The molecule has 0 bridgehead atoms. The van der Waals surface area contributed by atoms with Gasteiger partial charge in [0.25, 0.3) is 0 Å². The lowest BCUT2D eigenvalue weighted by atomic mass is 10.00. The monoisotopic (exact) mass is 890 g/mol. The van der Waals surface area contributed by atoms with Crippen LogP contribution in [0, 0.1) is 0 Å². The lowest BCUT2D eigenvalue weighted by Crippen LogP contribution is -2.53. The fraction of sp³-hybridized carbons (Fsp3) is 0.912. The first-order valence-electron chi connectivity index (χ1n) is 28.2. The number of nitrogens with one attached hydrogen (secondary N) is 1. The minimum atomic E-state index is -1.28. The van der Waals surface area contributed by atoms with E-state index in [1.807, 2.05) is 0 Å². The highest BCUT2D eigenvalue weighted by molar-refractivity contribution is 5.80. The van der Waals surface area contributed by atoms with E-state index in [2.05, 4.69) is 43.5 Å². The Balaban J connectivity index is 3.62. The lowest BCUT2D eigenvalue weighted by Gasteiger charge is -2.27. The van der Waals surface area contributed by atoms with Crippen molar-refractivity contribution in [3.8, 4) is 0 Å². The van der Waals surface area contributed by atoms with Gasteiger partial charge in [-0.3, -0.25) is 4.79 Å². The zero-order valence-corrected chi connectivity index (χ0v) is 42.3. The first-order valence-corrected chi connectivity index (χ1v) is 28.2. The highest BCUT2D eigenvalue weighted by atomic mass is 16.3. The molecule has 0 aliphatic carbocycles. The number of amides is 1. The highest BCUT2D eigenvalue weighted by Crippen LogP contribution is 2.17. The van der Waals surface area contributed by atoms with Crippen molar-refractivity contribution < 1.29 is 25.2 Å². The van der Waals surface area contributed by atoms with Crippen LogP contribution in [0.4, 0.5) is 0 Å². The molecule has 1 amide bonds. The van der Waals surface area contributed by atoms with Crippen LogP contribution in [0.5, 0.6) is 0 Å². The molecular weight excluding hydrogens is 779 g/mol. The average molecular weight is 891 g/mol. The van der Waals surface area contributed by atoms with Gasteiger partial charge >= 0.3 is 0 Å². The molecule has 0 aromatic rings. The Bertz CT molecular complexity index is 955. The zero-order chi connectivity index (χ0) is 45.9. The first kappa shape index (κ1) is 61.8. The van der Waals surface area contributed by atoms with E-state index < -0.39 is 36.9 Å². The molecule has 0 heterocycles. The molecule has 0 saturated carbocycles. The van der Waals surface area contributed by atoms with Crippen molar-refractivity contribution in [2.75, 3.05) is 6.61 Å². The van der Waals surface area contributed by atoms with Crippen LogP contribution in [0.15, 0.2) is 24.3 Å². The number of allylic oxidation sites excluding steroid dienone is 4. The van der Waals surface area contributed by atoms with E-state index in [1.165, 1.54) is 238 Å². The molecular formula is C57H111NO5. The molecule has 0 aromatic heterocycles. The number of rotatable bonds is 52. The maximum absolute atomic E-state index is 12.6. The Morgan fingerprint density at radius 1 is 0.381 bits per heavy atom. The van der Waals surface area contributed by atoms with Crippen LogP contribution in [0.3, 0.4) is 0 Å². The number of unbranched alkanes of at least 4 members (excludes halogenated alkanes) is 39. The molecule has 0 aliphatic heterocycles. The van der Waals surface area contributed by atoms with E-state index in [0.29, 0.717) is 12.8 Å². The topological polar surface area (TPSA) is 110 Å². The summed E-state index contributed by atoms with van der Waals surface area (Å²) in [4.78, 5) is 12.6. The van der Waals surface area contributed by atoms with Crippen LogP contribution in [-0.4, -0.2) is 57.3 Å². The number of carbonyl (C=O) groups excluding carboxylic acids is 1. The molecule has 374 valence electrons. The van der Waals surface area contributed by atoms with Gasteiger partial charge in [-0.2, -0.15) is 0 Å². The van der Waals surface area contributed by atoms with Crippen molar-refractivity contribution in [1.82, 2.24) is 5.32 Å². The highest BCUT2D eigenvalue weighted by Gasteiger charge is 2.28. The molecule has 0 fully saturated rings. The van der Waals surface area contributed by atoms with E-state index in [9.17, 15) is 25.2 Å². The summed E-state index contributed by atoms with van der Waals surface area (Å²) >= 11 is 0. The summed E-state index contributed by atoms with van der Waals surface area (Å²) < 4.78 is 0. The van der Waals surface area contributed by atoms with Gasteiger partial charge < -0.3 is 25.7 Å². The molecule has 4 atom stereocenters. The molecule has 0 aliphatic rings. The van der Waals surface area contributed by atoms with Gasteiger partial charge in [0.1, 0.15) is 12.2 Å². The number of aliphatic hydroxyl groups is 4. The van der Waals surface area contributed by atoms with E-state index >= 15 is 0 Å². The fourth-order valence-electron chi connectivity index (χ4n) is 8.93. The molecule has 0 aromatic carbocycles. The van der Waals surface area contributed by atoms with Crippen LogP contribution in [0.2, 0.25) is 0 Å². The second-order valence-electron chi connectivity index (χ2n) is 19.6. The summed E-state index contributed by atoms with van der Waals surface area (Å²) in [6, 6.07) is -1.00. The summed E-state index contributed by atoms with van der Waals surface area (Å²) in [6.45, 7) is 4.07. The third-order valence-corrected chi connectivity index (χ3v) is 13.4. The summed E-state index contributed by atoms with van der Waals surface area (Å²) in [6.07, 6.45) is 62.5. The normalized spacial score (nSPS) is 13.9. The van der Waals surface area contributed by atoms with Crippen LogP contribution < -0.4 is 5.32 Å². The van der Waals surface area contributed by atoms with Crippen molar-refractivity contribution in [3.05, 3.63) is 24.3 Å². The molecule has 4 unspecified atom stereocenters. The molecule has 0 spiro atoms. The van der Waals surface area contributed by atoms with E-state index in [1.54, 1.807) is 0 Å². The first-order chi connectivity index (χ1) is 31.0. The summed E-state index contributed by atoms with van der Waals surface area (Å²) in [7, 11) is 0. The second kappa shape index (κ2) is 51.8. The molecule has 0 rings (SSSR count). The van der Waals surface area contributed by atoms with Crippen LogP contribution >= 0.6 is 0 Å². The molecule has 6 heteroatoms. The number of hydrogen-bond donors (Lipinski definition) is 5. The van der Waals surface area contributed by atoms with Crippen molar-refractivity contribution in [1.29, 1.82) is 0 Å². The van der Waals surface area contributed by atoms with Gasteiger partial charge in [-0.1, -0.05) is 263 Å². The van der Waals surface area contributed by atoms with Gasteiger partial charge in [-0.05, 0) is 64.2 Å². The van der Waals surface area contributed by atoms with Crippen LogP contribution in [0.1, 0.15) is 303 Å². The molecule has 0 saturated heterocycles. The Hall–Kier alpha value is -1.21. The average Bonchev–Trinajstić information content (AvgIpc) is 3.29. The van der Waals surface area contributed by atoms with E-state index in [-0.39, 0.29) is 0 Å². The van der Waals surface area contributed by atoms with Crippen molar-refractivity contribution in [2.45, 2.75) is 327 Å². The summed E-state index contributed by atoms with van der Waals surface area (Å²) in [5.74, 6) is -0.589. The predicted octanol–water partition coefficient (Wildman–Crippen LogP) is 16.3. The quantitative estimate of drug-likeness (QED) is 0.0309. The van der Waals surface area contributed by atoms with Crippen molar-refractivity contribution in [2.24, 2.45) is 0 Å². The Kier molecular flexibility index (Phi) is 50.8. The smallest absolute Gasteiger partial charge is 0.249 e. The molecule has 0 radical (unpaired) electrons. The van der Waals surface area contributed by atoms with Crippen molar-refractivity contribution in [3.63, 3.8) is 0 Å². The van der Waals surface area contributed by atoms with Gasteiger partial charge in [0.15, 0.2) is 0 Å². The standard InChI is InChI=1S/C57H111NO5/c1-3-5-7-9-11-13-15-17-19-21-23-24-25-26-27-28-29-30-31-32-33-35-37-39-41-43-45-47-49-51-55(61)57(63)58-53(52-59)56(62)54(60)50-48-46-44-42-40-38-36-34-22-20-18-16-14-12-10-8-6-4-2/h26-27,42,44,53-56,59-62H,3-25,28-41,43,45-52H2,1-2H3,(H,58,63)/b27-26-,44-42+. The molecule has 63 heavy (non-hydrogen) atoms. The van der Waals surface area contributed by atoms with Gasteiger partial charge in [-0.15, -0.1) is 0 Å². The Morgan fingerprint density at radius 3 is 0.952 bits per heavy atom. The minimum absolute atomic E-state index is 0.365. The summed E-state index contributed by atoms with van der Waals surface area (Å²) in [5, 5.41) is 43.9. The molecule has 6 nitrogen and oxygen atoms in total. The lowest BCUT2D eigenvalue weighted by molar-refractivity contribution is -0.132. The van der Waals surface area contributed by atoms with Gasteiger partial charge in [0.2, 0.25) is 5.91 Å². The van der Waals surface area contributed by atoms with Crippen LogP contribution in [-0.2, 0) is 4.79 Å². The summed E-state index contributed by atoms with van der Waals surface area (Å²) in [5.41, 5.74) is 0. The maximum atomic E-state index is 12.6. The van der Waals surface area contributed by atoms with Gasteiger partial charge in [-0.25, -0.2) is 0 Å². The largest absolute Gasteiger partial charge is 0.394 e. The number of carbonyl (C=O) groups is 1.